The molecule has 0 aromatic heterocycles. The van der Waals surface area contributed by atoms with Crippen molar-refractivity contribution < 1.29 is 14.2 Å². The summed E-state index contributed by atoms with van der Waals surface area (Å²) in [6.45, 7) is 5.76. The molecule has 3 unspecified atom stereocenters. The van der Waals surface area contributed by atoms with Crippen molar-refractivity contribution >= 4 is 35.6 Å². The molecule has 3 fully saturated rings. The highest BCUT2D eigenvalue weighted by Crippen LogP contribution is 2.30. The molecular weight excluding hydrogens is 509 g/mol. The second-order valence-electron chi connectivity index (χ2n) is 8.35. The average molecular weight is 545 g/mol. The Labute approximate surface area is 202 Å². The Hall–Kier alpha value is -1.46. The summed E-state index contributed by atoms with van der Waals surface area (Å²) in [4.78, 5) is 9.35. The minimum atomic E-state index is 0. The van der Waals surface area contributed by atoms with Gasteiger partial charge in [-0.25, -0.2) is 0 Å². The number of aliphatic imine (C=N–C) groups is 1. The van der Waals surface area contributed by atoms with Gasteiger partial charge >= 0.3 is 0 Å². The third-order valence-corrected chi connectivity index (χ3v) is 6.41. The first kappa shape index (κ1) is 24.2. The first-order valence-corrected chi connectivity index (χ1v) is 11.0. The molecule has 0 saturated carbocycles. The van der Waals surface area contributed by atoms with Crippen LogP contribution in [0.5, 0.6) is 11.5 Å². The molecule has 3 aliphatic rings. The van der Waals surface area contributed by atoms with E-state index < -0.39 is 0 Å². The molecule has 3 saturated heterocycles. The van der Waals surface area contributed by atoms with E-state index in [0.717, 1.165) is 62.4 Å². The van der Waals surface area contributed by atoms with Crippen molar-refractivity contribution in [2.45, 2.75) is 37.5 Å². The van der Waals surface area contributed by atoms with Crippen LogP contribution < -0.4 is 25.0 Å². The standard InChI is InChI=1S/C22H35N5O3.HI/c1-23-22(24-12-21-14-26-7-4-5-17(26)15-30-21)25-16-6-8-27(13-16)18-9-19(28-2)11-20(10-18)29-3;/h9-11,16-17,21H,4-8,12-15H2,1-3H3,(H2,23,24,25);1H. The number of halogens is 1. The maximum atomic E-state index is 6.06. The van der Waals surface area contributed by atoms with Gasteiger partial charge in [0.1, 0.15) is 11.5 Å². The Morgan fingerprint density at radius 2 is 1.90 bits per heavy atom. The van der Waals surface area contributed by atoms with Crippen molar-refractivity contribution in [3.63, 3.8) is 0 Å². The highest BCUT2D eigenvalue weighted by molar-refractivity contribution is 14.0. The summed E-state index contributed by atoms with van der Waals surface area (Å²) in [6.07, 6.45) is 3.85. The molecule has 0 aliphatic carbocycles. The fourth-order valence-corrected chi connectivity index (χ4v) is 4.70. The number of hydrogen-bond acceptors (Lipinski definition) is 6. The van der Waals surface area contributed by atoms with Crippen molar-refractivity contribution in [1.82, 2.24) is 15.5 Å². The molecule has 3 aliphatic heterocycles. The number of nitrogens with one attached hydrogen (secondary N) is 2. The van der Waals surface area contributed by atoms with E-state index in [2.05, 4.69) is 37.6 Å². The van der Waals surface area contributed by atoms with E-state index >= 15 is 0 Å². The van der Waals surface area contributed by atoms with Gasteiger partial charge < -0.3 is 29.7 Å². The van der Waals surface area contributed by atoms with Crippen molar-refractivity contribution in [3.8, 4) is 11.5 Å². The number of anilines is 1. The number of fused-ring (bicyclic) bond motifs is 1. The summed E-state index contributed by atoms with van der Waals surface area (Å²) in [5.74, 6) is 2.47. The summed E-state index contributed by atoms with van der Waals surface area (Å²) in [6, 6.07) is 6.99. The Balaban J connectivity index is 0.00000272. The predicted octanol–water partition coefficient (Wildman–Crippen LogP) is 1.93. The maximum absolute atomic E-state index is 6.06. The molecule has 0 radical (unpaired) electrons. The van der Waals surface area contributed by atoms with Crippen LogP contribution in [0.25, 0.3) is 0 Å². The van der Waals surface area contributed by atoms with E-state index in [1.54, 1.807) is 14.2 Å². The average Bonchev–Trinajstić information content (AvgIpc) is 3.45. The van der Waals surface area contributed by atoms with E-state index in [-0.39, 0.29) is 30.1 Å². The summed E-state index contributed by atoms with van der Waals surface area (Å²) in [5.41, 5.74) is 1.12. The summed E-state index contributed by atoms with van der Waals surface area (Å²) in [5, 5.41) is 7.04. The number of guanidine groups is 1. The Morgan fingerprint density at radius 1 is 1.13 bits per heavy atom. The molecule has 3 heterocycles. The van der Waals surface area contributed by atoms with Crippen LogP contribution in [0.15, 0.2) is 23.2 Å². The van der Waals surface area contributed by atoms with Gasteiger partial charge in [-0.1, -0.05) is 0 Å². The summed E-state index contributed by atoms with van der Waals surface area (Å²) in [7, 11) is 5.19. The summed E-state index contributed by atoms with van der Waals surface area (Å²) >= 11 is 0. The lowest BCUT2D eigenvalue weighted by atomic mass is 10.2. The molecule has 3 atom stereocenters. The molecule has 31 heavy (non-hydrogen) atoms. The van der Waals surface area contributed by atoms with Gasteiger partial charge in [0.05, 0.1) is 26.9 Å². The Bertz CT molecular complexity index is 728. The largest absolute Gasteiger partial charge is 0.497 e. The van der Waals surface area contributed by atoms with E-state index in [0.29, 0.717) is 12.1 Å². The number of benzene rings is 1. The van der Waals surface area contributed by atoms with Gasteiger partial charge in [-0.15, -0.1) is 24.0 Å². The zero-order valence-corrected chi connectivity index (χ0v) is 21.1. The first-order chi connectivity index (χ1) is 14.7. The van der Waals surface area contributed by atoms with Gasteiger partial charge in [0, 0.05) is 69.2 Å². The second-order valence-corrected chi connectivity index (χ2v) is 8.35. The quantitative estimate of drug-likeness (QED) is 0.322. The van der Waals surface area contributed by atoms with Crippen LogP contribution in [0.4, 0.5) is 5.69 Å². The topological polar surface area (TPSA) is 70.6 Å². The van der Waals surface area contributed by atoms with Crippen molar-refractivity contribution in [1.29, 1.82) is 0 Å². The fourth-order valence-electron chi connectivity index (χ4n) is 4.70. The number of methoxy groups -OCH3 is 2. The molecule has 174 valence electrons. The lowest BCUT2D eigenvalue weighted by Crippen LogP contribution is -2.52. The maximum Gasteiger partial charge on any atom is 0.191 e. The van der Waals surface area contributed by atoms with Crippen LogP contribution in [0.1, 0.15) is 19.3 Å². The van der Waals surface area contributed by atoms with Gasteiger partial charge in [0.2, 0.25) is 0 Å². The van der Waals surface area contributed by atoms with Crippen molar-refractivity contribution in [2.75, 3.05) is 65.5 Å². The molecule has 1 aromatic carbocycles. The normalized spacial score (nSPS) is 26.2. The van der Waals surface area contributed by atoms with Crippen LogP contribution in [0, 0.1) is 0 Å². The number of hydrogen-bond donors (Lipinski definition) is 2. The third-order valence-electron chi connectivity index (χ3n) is 6.41. The van der Waals surface area contributed by atoms with Crippen LogP contribution in [-0.2, 0) is 4.74 Å². The minimum absolute atomic E-state index is 0. The third kappa shape index (κ3) is 6.07. The van der Waals surface area contributed by atoms with Crippen molar-refractivity contribution in [3.05, 3.63) is 18.2 Å². The SMILES string of the molecule is CN=C(NCC1CN2CCCC2CO1)NC1CCN(c2cc(OC)cc(OC)c2)C1.I. The van der Waals surface area contributed by atoms with Crippen LogP contribution in [0.3, 0.4) is 0 Å². The fraction of sp³-hybridized carbons (Fsp3) is 0.682. The smallest absolute Gasteiger partial charge is 0.191 e. The second kappa shape index (κ2) is 11.4. The molecule has 9 heteroatoms. The zero-order valence-electron chi connectivity index (χ0n) is 18.8. The van der Waals surface area contributed by atoms with E-state index in [4.69, 9.17) is 14.2 Å². The number of nitrogens with zero attached hydrogens (tertiary/aromatic N) is 3. The molecule has 0 amide bonds. The monoisotopic (exact) mass is 545 g/mol. The molecule has 1 aromatic rings. The number of ether oxygens (including phenoxy) is 3. The molecule has 2 N–H and O–H groups in total. The lowest BCUT2D eigenvalue weighted by Gasteiger charge is -2.35. The van der Waals surface area contributed by atoms with Gasteiger partial charge in [0.15, 0.2) is 5.96 Å². The Morgan fingerprint density at radius 3 is 2.61 bits per heavy atom. The lowest BCUT2D eigenvalue weighted by molar-refractivity contribution is -0.0453. The van der Waals surface area contributed by atoms with Crippen LogP contribution in [0.2, 0.25) is 0 Å². The van der Waals surface area contributed by atoms with E-state index in [9.17, 15) is 0 Å². The van der Waals surface area contributed by atoms with Gasteiger partial charge in [0.25, 0.3) is 0 Å². The van der Waals surface area contributed by atoms with Crippen LogP contribution in [-0.4, -0.2) is 89.6 Å². The number of morpholine rings is 1. The predicted molar refractivity (Wildman–Crippen MR) is 134 cm³/mol. The highest BCUT2D eigenvalue weighted by atomic mass is 127. The highest BCUT2D eigenvalue weighted by Gasteiger charge is 2.32. The van der Waals surface area contributed by atoms with E-state index in [1.807, 2.05) is 13.1 Å². The summed E-state index contributed by atoms with van der Waals surface area (Å²) < 4.78 is 16.9. The molecule has 4 rings (SSSR count). The molecular formula is C22H36IN5O3. The number of rotatable bonds is 6. The zero-order chi connectivity index (χ0) is 20.9. The van der Waals surface area contributed by atoms with Gasteiger partial charge in [-0.2, -0.15) is 0 Å². The van der Waals surface area contributed by atoms with Gasteiger partial charge in [-0.3, -0.25) is 9.89 Å². The first-order valence-electron chi connectivity index (χ1n) is 11.0. The minimum Gasteiger partial charge on any atom is -0.497 e. The van der Waals surface area contributed by atoms with Crippen molar-refractivity contribution in [2.24, 2.45) is 4.99 Å². The molecule has 8 nitrogen and oxygen atoms in total. The molecule has 0 bridgehead atoms. The van der Waals surface area contributed by atoms with E-state index in [1.165, 1.54) is 19.4 Å². The van der Waals surface area contributed by atoms with Gasteiger partial charge in [-0.05, 0) is 25.8 Å². The Kier molecular flexibility index (Phi) is 8.91. The van der Waals surface area contributed by atoms with Crippen LogP contribution >= 0.6 is 24.0 Å². The molecule has 0 spiro atoms.